The van der Waals surface area contributed by atoms with E-state index in [0.717, 1.165) is 5.82 Å². The number of hydrogen-bond acceptors (Lipinski definition) is 6. The number of benzene rings is 1. The van der Waals surface area contributed by atoms with Gasteiger partial charge in [-0.1, -0.05) is 23.2 Å². The Bertz CT molecular complexity index is 1220. The molecule has 1 aliphatic rings. The molecule has 0 N–H and O–H groups in total. The lowest BCUT2D eigenvalue weighted by molar-refractivity contribution is 0.0746. The number of carbonyl (C=O) groups excluding carboxylic acids is 1. The van der Waals surface area contributed by atoms with Crippen LogP contribution in [-0.2, 0) is 0 Å². The van der Waals surface area contributed by atoms with Gasteiger partial charge in [0, 0.05) is 31.2 Å². The van der Waals surface area contributed by atoms with E-state index in [2.05, 4.69) is 20.2 Å². The maximum absolute atomic E-state index is 12.8. The van der Waals surface area contributed by atoms with Crippen molar-refractivity contribution < 1.29 is 9.21 Å². The molecule has 0 saturated carbocycles. The van der Waals surface area contributed by atoms with Gasteiger partial charge in [-0.15, -0.1) is 15.3 Å². The maximum atomic E-state index is 12.8. The highest BCUT2D eigenvalue weighted by Gasteiger charge is 2.25. The molecule has 30 heavy (non-hydrogen) atoms. The van der Waals surface area contributed by atoms with Crippen molar-refractivity contribution in [2.45, 2.75) is 0 Å². The minimum absolute atomic E-state index is 0.121. The first-order chi connectivity index (χ1) is 14.6. The molecule has 0 bridgehead atoms. The summed E-state index contributed by atoms with van der Waals surface area (Å²) >= 11 is 12.2. The predicted octanol–water partition coefficient (Wildman–Crippen LogP) is 3.65. The topological polar surface area (TPSA) is 79.8 Å². The standard InChI is InChI=1S/C20H16Cl2N6O2/c21-13-3-4-15(22)14(12-13)20(29)27-9-7-26(8-10-27)18-6-5-17-23-24-19(28(17)25-18)16-2-1-11-30-16/h1-6,11-12H,7-10H2. The van der Waals surface area contributed by atoms with Gasteiger partial charge in [0.05, 0.1) is 16.8 Å². The van der Waals surface area contributed by atoms with Gasteiger partial charge < -0.3 is 14.2 Å². The Morgan fingerprint density at radius 1 is 1.00 bits per heavy atom. The zero-order valence-electron chi connectivity index (χ0n) is 15.7. The smallest absolute Gasteiger partial charge is 0.255 e. The van der Waals surface area contributed by atoms with Crippen molar-refractivity contribution in [2.24, 2.45) is 0 Å². The van der Waals surface area contributed by atoms with Crippen LogP contribution in [0.3, 0.4) is 0 Å². The lowest BCUT2D eigenvalue weighted by atomic mass is 10.1. The van der Waals surface area contributed by atoms with Gasteiger partial charge in [-0.25, -0.2) is 0 Å². The van der Waals surface area contributed by atoms with Crippen molar-refractivity contribution in [3.8, 4) is 11.6 Å². The highest BCUT2D eigenvalue weighted by Crippen LogP contribution is 2.24. The number of hydrogen-bond donors (Lipinski definition) is 0. The highest BCUT2D eigenvalue weighted by atomic mass is 35.5. The van der Waals surface area contributed by atoms with Crippen LogP contribution in [0.2, 0.25) is 10.0 Å². The Hall–Kier alpha value is -3.10. The zero-order chi connectivity index (χ0) is 20.7. The van der Waals surface area contributed by atoms with Gasteiger partial charge in [0.1, 0.15) is 5.82 Å². The van der Waals surface area contributed by atoms with E-state index in [-0.39, 0.29) is 5.91 Å². The van der Waals surface area contributed by atoms with E-state index in [4.69, 9.17) is 27.6 Å². The number of furan rings is 1. The first-order valence-corrected chi connectivity index (χ1v) is 10.1. The molecule has 0 aliphatic carbocycles. The normalized spacial score (nSPS) is 14.5. The molecule has 0 unspecified atom stereocenters. The second-order valence-electron chi connectivity index (χ2n) is 6.87. The van der Waals surface area contributed by atoms with Gasteiger partial charge >= 0.3 is 0 Å². The first kappa shape index (κ1) is 18.9. The molecule has 1 amide bonds. The average molecular weight is 443 g/mol. The molecule has 8 nitrogen and oxygen atoms in total. The van der Waals surface area contributed by atoms with Crippen LogP contribution in [0.5, 0.6) is 0 Å². The van der Waals surface area contributed by atoms with E-state index < -0.39 is 0 Å². The fourth-order valence-corrected chi connectivity index (χ4v) is 3.85. The van der Waals surface area contributed by atoms with Crippen molar-refractivity contribution in [1.29, 1.82) is 0 Å². The highest BCUT2D eigenvalue weighted by molar-refractivity contribution is 6.35. The van der Waals surface area contributed by atoms with Crippen LogP contribution in [-0.4, -0.2) is 56.8 Å². The molecule has 4 aromatic rings. The van der Waals surface area contributed by atoms with E-state index in [1.165, 1.54) is 0 Å². The van der Waals surface area contributed by atoms with Gasteiger partial charge in [0.2, 0.25) is 5.82 Å². The van der Waals surface area contributed by atoms with E-state index >= 15 is 0 Å². The number of fused-ring (bicyclic) bond motifs is 1. The van der Waals surface area contributed by atoms with Gasteiger partial charge in [0.25, 0.3) is 5.91 Å². The SMILES string of the molecule is O=C(c1cc(Cl)ccc1Cl)N1CCN(c2ccc3nnc(-c4ccco4)n3n2)CC1. The van der Waals surface area contributed by atoms with Gasteiger partial charge in [-0.05, 0) is 42.5 Å². The summed E-state index contributed by atoms with van der Waals surface area (Å²) in [6, 6.07) is 12.3. The summed E-state index contributed by atoms with van der Waals surface area (Å²) in [4.78, 5) is 16.7. The monoisotopic (exact) mass is 442 g/mol. The number of halogens is 2. The minimum Gasteiger partial charge on any atom is -0.461 e. The number of anilines is 1. The Morgan fingerprint density at radius 3 is 2.60 bits per heavy atom. The van der Waals surface area contributed by atoms with Crippen LogP contribution in [0, 0.1) is 0 Å². The van der Waals surface area contributed by atoms with Crippen LogP contribution >= 0.6 is 23.2 Å². The summed E-state index contributed by atoms with van der Waals surface area (Å²) in [7, 11) is 0. The second kappa shape index (κ2) is 7.62. The summed E-state index contributed by atoms with van der Waals surface area (Å²) in [6.07, 6.45) is 1.59. The van der Waals surface area contributed by atoms with Gasteiger partial charge in [-0.2, -0.15) is 4.52 Å². The van der Waals surface area contributed by atoms with Crippen LogP contribution in [0.15, 0.2) is 53.1 Å². The number of piperazine rings is 1. The Morgan fingerprint density at radius 2 is 1.83 bits per heavy atom. The molecule has 1 saturated heterocycles. The number of carbonyl (C=O) groups is 1. The summed E-state index contributed by atoms with van der Waals surface area (Å²) in [5, 5.41) is 13.9. The quantitative estimate of drug-likeness (QED) is 0.481. The molecule has 0 radical (unpaired) electrons. The number of rotatable bonds is 3. The number of aromatic nitrogens is 4. The lowest BCUT2D eigenvalue weighted by Crippen LogP contribution is -2.49. The van der Waals surface area contributed by atoms with Gasteiger partial charge in [0.15, 0.2) is 11.4 Å². The summed E-state index contributed by atoms with van der Waals surface area (Å²) in [5.41, 5.74) is 1.05. The largest absolute Gasteiger partial charge is 0.461 e. The number of amides is 1. The van der Waals surface area contributed by atoms with E-state index in [9.17, 15) is 4.79 Å². The molecule has 4 heterocycles. The molecule has 0 spiro atoms. The van der Waals surface area contributed by atoms with Gasteiger partial charge in [-0.3, -0.25) is 4.79 Å². The van der Waals surface area contributed by atoms with Crippen LogP contribution in [0.4, 0.5) is 5.82 Å². The van der Waals surface area contributed by atoms with Crippen LogP contribution in [0.25, 0.3) is 17.2 Å². The lowest BCUT2D eigenvalue weighted by Gasteiger charge is -2.35. The van der Waals surface area contributed by atoms with E-state index in [1.54, 1.807) is 39.9 Å². The van der Waals surface area contributed by atoms with Crippen molar-refractivity contribution in [3.63, 3.8) is 0 Å². The minimum atomic E-state index is -0.121. The molecule has 3 aromatic heterocycles. The summed E-state index contributed by atoms with van der Waals surface area (Å²) < 4.78 is 7.09. The van der Waals surface area contributed by atoms with E-state index in [1.807, 2.05) is 18.2 Å². The zero-order valence-corrected chi connectivity index (χ0v) is 17.2. The first-order valence-electron chi connectivity index (χ1n) is 9.36. The Kier molecular flexibility index (Phi) is 4.80. The molecule has 152 valence electrons. The van der Waals surface area contributed by atoms with Crippen molar-refractivity contribution in [2.75, 3.05) is 31.1 Å². The second-order valence-corrected chi connectivity index (χ2v) is 7.71. The Labute approximate surface area is 181 Å². The summed E-state index contributed by atoms with van der Waals surface area (Å²) in [6.45, 7) is 2.38. The van der Waals surface area contributed by atoms with Crippen molar-refractivity contribution in [1.82, 2.24) is 24.7 Å². The molecule has 1 fully saturated rings. The number of nitrogens with zero attached hydrogens (tertiary/aromatic N) is 6. The molecule has 5 rings (SSSR count). The molecular weight excluding hydrogens is 427 g/mol. The predicted molar refractivity (Wildman–Crippen MR) is 113 cm³/mol. The molecule has 10 heteroatoms. The third-order valence-corrected chi connectivity index (χ3v) is 5.60. The van der Waals surface area contributed by atoms with Crippen LogP contribution in [0.1, 0.15) is 10.4 Å². The third kappa shape index (κ3) is 3.38. The molecule has 1 aromatic carbocycles. The Balaban J connectivity index is 1.34. The van der Waals surface area contributed by atoms with Crippen molar-refractivity contribution in [3.05, 3.63) is 64.3 Å². The van der Waals surface area contributed by atoms with Crippen molar-refractivity contribution >= 4 is 40.6 Å². The van der Waals surface area contributed by atoms with E-state index in [0.29, 0.717) is 59.0 Å². The molecular formula is C20H16Cl2N6O2. The fourth-order valence-electron chi connectivity index (χ4n) is 3.48. The molecule has 1 aliphatic heterocycles. The third-order valence-electron chi connectivity index (χ3n) is 5.04. The molecule has 0 atom stereocenters. The average Bonchev–Trinajstić information content (AvgIpc) is 3.44. The summed E-state index contributed by atoms with van der Waals surface area (Å²) in [5.74, 6) is 1.80. The van der Waals surface area contributed by atoms with Crippen LogP contribution < -0.4 is 4.90 Å². The fraction of sp³-hybridized carbons (Fsp3) is 0.200. The maximum Gasteiger partial charge on any atom is 0.255 e.